The van der Waals surface area contributed by atoms with Gasteiger partial charge in [-0.25, -0.2) is 0 Å². The summed E-state index contributed by atoms with van der Waals surface area (Å²) in [7, 11) is 1.47. The molecule has 8 heteroatoms. The van der Waals surface area contributed by atoms with E-state index in [9.17, 15) is 13.2 Å². The summed E-state index contributed by atoms with van der Waals surface area (Å²) < 4.78 is 40.6. The normalized spacial score (nSPS) is 13.4. The van der Waals surface area contributed by atoms with Crippen LogP contribution in [0.5, 0.6) is 0 Å². The minimum Gasteiger partial charge on any atom is -0.395 e. The van der Waals surface area contributed by atoms with Gasteiger partial charge in [0.15, 0.2) is 5.69 Å². The highest BCUT2D eigenvalue weighted by molar-refractivity contribution is 7.99. The fraction of sp³-hybridized carbons (Fsp3) is 0.357. The quantitative estimate of drug-likeness (QED) is 0.883. The third kappa shape index (κ3) is 3.82. The van der Waals surface area contributed by atoms with Crippen LogP contribution >= 0.6 is 11.8 Å². The van der Waals surface area contributed by atoms with Crippen LogP contribution in [0, 0.1) is 0 Å². The Kier molecular flexibility index (Phi) is 5.15. The smallest absolute Gasteiger partial charge is 0.395 e. The molecule has 0 radical (unpaired) electrons. The van der Waals surface area contributed by atoms with Crippen molar-refractivity contribution >= 4 is 11.8 Å². The van der Waals surface area contributed by atoms with Crippen molar-refractivity contribution in [3.8, 4) is 0 Å². The average molecular weight is 331 g/mol. The van der Waals surface area contributed by atoms with Crippen LogP contribution in [0.1, 0.15) is 11.3 Å². The number of alkyl halides is 3. The minimum absolute atomic E-state index is 0.0189. The zero-order valence-electron chi connectivity index (χ0n) is 11.8. The fourth-order valence-corrected chi connectivity index (χ4v) is 3.01. The summed E-state index contributed by atoms with van der Waals surface area (Å²) in [6, 6.07) is 8.30. The fourth-order valence-electron chi connectivity index (χ4n) is 2.02. The molecule has 3 N–H and O–H groups in total. The molecule has 2 rings (SSSR count). The lowest BCUT2D eigenvalue weighted by molar-refractivity contribution is -0.142. The maximum atomic E-state index is 13.1. The van der Waals surface area contributed by atoms with E-state index in [4.69, 9.17) is 10.8 Å². The van der Waals surface area contributed by atoms with E-state index >= 15 is 0 Å². The predicted octanol–water partition coefficient (Wildman–Crippen LogP) is 2.45. The van der Waals surface area contributed by atoms with Crippen LogP contribution in [0.2, 0.25) is 0 Å². The number of hydrogen-bond acceptors (Lipinski definition) is 4. The SMILES string of the molecule is Cn1nc(C(F)(F)F)c(CC(N)CO)c1Sc1ccccc1. The van der Waals surface area contributed by atoms with Gasteiger partial charge in [-0.2, -0.15) is 18.3 Å². The van der Waals surface area contributed by atoms with Crippen LogP contribution < -0.4 is 5.73 Å². The summed E-state index contributed by atoms with van der Waals surface area (Å²) in [5.41, 5.74) is 4.70. The van der Waals surface area contributed by atoms with Gasteiger partial charge in [0.25, 0.3) is 0 Å². The Morgan fingerprint density at radius 2 is 1.95 bits per heavy atom. The van der Waals surface area contributed by atoms with Crippen LogP contribution in [0.15, 0.2) is 40.3 Å². The van der Waals surface area contributed by atoms with Crippen LogP contribution in [0.3, 0.4) is 0 Å². The lowest BCUT2D eigenvalue weighted by Gasteiger charge is -2.12. The number of hydrogen-bond donors (Lipinski definition) is 2. The Morgan fingerprint density at radius 3 is 2.50 bits per heavy atom. The number of rotatable bonds is 5. The molecule has 1 heterocycles. The highest BCUT2D eigenvalue weighted by atomic mass is 32.2. The number of aromatic nitrogens is 2. The van der Waals surface area contributed by atoms with E-state index in [1.165, 1.54) is 23.5 Å². The second-order valence-electron chi connectivity index (χ2n) is 4.82. The van der Waals surface area contributed by atoms with E-state index in [2.05, 4.69) is 5.10 Å². The van der Waals surface area contributed by atoms with Crippen molar-refractivity contribution in [1.29, 1.82) is 0 Å². The maximum absolute atomic E-state index is 13.1. The van der Waals surface area contributed by atoms with Crippen molar-refractivity contribution in [3.63, 3.8) is 0 Å². The third-order valence-corrected chi connectivity index (χ3v) is 4.23. The molecule has 0 bridgehead atoms. The van der Waals surface area contributed by atoms with E-state index in [-0.39, 0.29) is 18.6 Å². The second kappa shape index (κ2) is 6.72. The molecule has 0 aliphatic carbocycles. The van der Waals surface area contributed by atoms with E-state index in [0.717, 1.165) is 4.90 Å². The zero-order valence-corrected chi connectivity index (χ0v) is 12.7. The van der Waals surface area contributed by atoms with Crippen molar-refractivity contribution < 1.29 is 18.3 Å². The molecule has 1 atom stereocenters. The Hall–Kier alpha value is -1.51. The number of aliphatic hydroxyl groups excluding tert-OH is 1. The van der Waals surface area contributed by atoms with E-state index in [0.29, 0.717) is 5.03 Å². The molecule has 1 aromatic heterocycles. The van der Waals surface area contributed by atoms with Crippen molar-refractivity contribution in [2.24, 2.45) is 12.8 Å². The monoisotopic (exact) mass is 331 g/mol. The highest BCUT2D eigenvalue weighted by Crippen LogP contribution is 2.38. The lowest BCUT2D eigenvalue weighted by Crippen LogP contribution is -2.28. The highest BCUT2D eigenvalue weighted by Gasteiger charge is 2.39. The van der Waals surface area contributed by atoms with Crippen molar-refractivity contribution in [2.45, 2.75) is 28.6 Å². The molecular weight excluding hydrogens is 315 g/mol. The van der Waals surface area contributed by atoms with Gasteiger partial charge >= 0.3 is 6.18 Å². The molecule has 0 aliphatic heterocycles. The molecule has 1 aromatic carbocycles. The molecule has 0 saturated heterocycles. The second-order valence-corrected chi connectivity index (χ2v) is 5.88. The van der Waals surface area contributed by atoms with Crippen LogP contribution in [-0.2, 0) is 19.6 Å². The zero-order chi connectivity index (χ0) is 16.3. The minimum atomic E-state index is -4.56. The van der Waals surface area contributed by atoms with Crippen LogP contribution in [-0.4, -0.2) is 27.5 Å². The van der Waals surface area contributed by atoms with E-state index in [1.807, 2.05) is 18.2 Å². The van der Waals surface area contributed by atoms with Crippen molar-refractivity contribution in [2.75, 3.05) is 6.61 Å². The molecule has 1 unspecified atom stereocenters. The van der Waals surface area contributed by atoms with Gasteiger partial charge in [0.2, 0.25) is 0 Å². The van der Waals surface area contributed by atoms with Gasteiger partial charge in [-0.3, -0.25) is 4.68 Å². The first-order valence-electron chi connectivity index (χ1n) is 6.55. The van der Waals surface area contributed by atoms with Gasteiger partial charge < -0.3 is 10.8 Å². The van der Waals surface area contributed by atoms with Gasteiger partial charge in [-0.1, -0.05) is 30.0 Å². The van der Waals surface area contributed by atoms with Crippen LogP contribution in [0.4, 0.5) is 13.2 Å². The molecule has 0 spiro atoms. The molecular formula is C14H16F3N3OS. The lowest BCUT2D eigenvalue weighted by atomic mass is 10.1. The molecule has 0 fully saturated rings. The van der Waals surface area contributed by atoms with Gasteiger partial charge in [0.05, 0.1) is 6.61 Å². The number of benzene rings is 1. The summed E-state index contributed by atoms with van der Waals surface area (Å²) in [5.74, 6) is 0. The summed E-state index contributed by atoms with van der Waals surface area (Å²) in [4.78, 5) is 0.804. The largest absolute Gasteiger partial charge is 0.435 e. The van der Waals surface area contributed by atoms with Gasteiger partial charge in [-0.15, -0.1) is 0 Å². The number of aliphatic hydroxyl groups is 1. The van der Waals surface area contributed by atoms with Crippen molar-refractivity contribution in [3.05, 3.63) is 41.6 Å². The molecule has 0 aliphatic rings. The third-order valence-electron chi connectivity index (χ3n) is 3.01. The first-order chi connectivity index (χ1) is 10.3. The summed E-state index contributed by atoms with van der Waals surface area (Å²) in [5, 5.41) is 13.0. The van der Waals surface area contributed by atoms with E-state index < -0.39 is 17.9 Å². The molecule has 120 valence electrons. The maximum Gasteiger partial charge on any atom is 0.435 e. The first-order valence-corrected chi connectivity index (χ1v) is 7.37. The molecule has 2 aromatic rings. The molecule has 4 nitrogen and oxygen atoms in total. The predicted molar refractivity (Wildman–Crippen MR) is 77.5 cm³/mol. The number of nitrogens with zero attached hydrogens (tertiary/aromatic N) is 2. The van der Waals surface area contributed by atoms with Gasteiger partial charge in [0, 0.05) is 23.5 Å². The number of nitrogens with two attached hydrogens (primary N) is 1. The Morgan fingerprint density at radius 1 is 1.32 bits per heavy atom. The Labute approximate surface area is 130 Å². The Bertz CT molecular complexity index is 628. The summed E-state index contributed by atoms with van der Waals surface area (Å²) in [6.07, 6.45) is -4.65. The number of halogens is 3. The van der Waals surface area contributed by atoms with Gasteiger partial charge in [-0.05, 0) is 18.6 Å². The molecule has 0 saturated carbocycles. The standard InChI is InChI=1S/C14H16F3N3OS/c1-20-13(22-10-5-3-2-4-6-10)11(7-9(18)8-21)12(19-20)14(15,16)17/h2-6,9,21H,7-8,18H2,1H3. The van der Waals surface area contributed by atoms with Crippen molar-refractivity contribution in [1.82, 2.24) is 9.78 Å². The molecule has 22 heavy (non-hydrogen) atoms. The average Bonchev–Trinajstić information content (AvgIpc) is 2.77. The molecule has 0 amide bonds. The topological polar surface area (TPSA) is 64.1 Å². The summed E-state index contributed by atoms with van der Waals surface area (Å²) in [6.45, 7) is -0.387. The summed E-state index contributed by atoms with van der Waals surface area (Å²) >= 11 is 1.19. The van der Waals surface area contributed by atoms with Gasteiger partial charge in [0.1, 0.15) is 5.03 Å². The Balaban J connectivity index is 2.45. The first kappa shape index (κ1) is 16.9. The number of aryl methyl sites for hydroxylation is 1. The van der Waals surface area contributed by atoms with Crippen LogP contribution in [0.25, 0.3) is 0 Å². The van der Waals surface area contributed by atoms with E-state index in [1.54, 1.807) is 12.1 Å².